The number of hydrogen-bond donors (Lipinski definition) is 1. The Hall–Kier alpha value is -1.14. The minimum Gasteiger partial charge on any atom is -0.391 e. The summed E-state index contributed by atoms with van der Waals surface area (Å²) < 4.78 is 26.0. The molecule has 1 aliphatic heterocycles. The van der Waals surface area contributed by atoms with Crippen LogP contribution in [0.25, 0.3) is 0 Å². The zero-order valence-corrected chi connectivity index (χ0v) is 10.4. The summed E-state index contributed by atoms with van der Waals surface area (Å²) in [5, 5.41) is 9.31. The van der Waals surface area contributed by atoms with Crippen LogP contribution in [0, 0.1) is 11.6 Å². The second kappa shape index (κ2) is 5.67. The fourth-order valence-electron chi connectivity index (χ4n) is 1.79. The zero-order chi connectivity index (χ0) is 13.1. The lowest BCUT2D eigenvalue weighted by Gasteiger charge is -2.15. The van der Waals surface area contributed by atoms with Crippen LogP contribution in [0.4, 0.5) is 8.78 Å². The highest BCUT2D eigenvalue weighted by Crippen LogP contribution is 2.23. The summed E-state index contributed by atoms with van der Waals surface area (Å²) in [6.07, 6.45) is 0.128. The molecule has 0 spiro atoms. The van der Waals surface area contributed by atoms with Crippen LogP contribution in [0.15, 0.2) is 23.1 Å². The quantitative estimate of drug-likeness (QED) is 0.851. The zero-order valence-electron chi connectivity index (χ0n) is 9.60. The molecule has 3 nitrogen and oxygen atoms in total. The van der Waals surface area contributed by atoms with Crippen molar-refractivity contribution in [1.29, 1.82) is 0 Å². The normalized spacial score (nSPS) is 19.3. The summed E-state index contributed by atoms with van der Waals surface area (Å²) in [4.78, 5) is 13.5. The molecule has 1 heterocycles. The van der Waals surface area contributed by atoms with Gasteiger partial charge >= 0.3 is 0 Å². The van der Waals surface area contributed by atoms with Gasteiger partial charge in [-0.05, 0) is 18.6 Å². The number of aliphatic hydroxyl groups is 1. The van der Waals surface area contributed by atoms with Crippen molar-refractivity contribution in [1.82, 2.24) is 4.90 Å². The Bertz CT molecular complexity index is 456. The molecule has 0 aliphatic carbocycles. The summed E-state index contributed by atoms with van der Waals surface area (Å²) in [7, 11) is 0. The van der Waals surface area contributed by atoms with Crippen molar-refractivity contribution in [2.24, 2.45) is 0 Å². The van der Waals surface area contributed by atoms with Crippen LogP contribution in [0.5, 0.6) is 0 Å². The molecule has 1 saturated heterocycles. The Morgan fingerprint density at radius 2 is 2.28 bits per heavy atom. The van der Waals surface area contributed by atoms with E-state index in [0.717, 1.165) is 23.9 Å². The van der Waals surface area contributed by atoms with Crippen LogP contribution in [-0.2, 0) is 4.79 Å². The molecule has 1 aliphatic rings. The van der Waals surface area contributed by atoms with Gasteiger partial charge in [0.2, 0.25) is 5.91 Å². The number of carbonyl (C=O) groups is 1. The molecule has 0 saturated carbocycles. The highest BCUT2D eigenvalue weighted by atomic mass is 32.2. The van der Waals surface area contributed by atoms with Crippen molar-refractivity contribution in [3.8, 4) is 0 Å². The van der Waals surface area contributed by atoms with Crippen LogP contribution in [0.3, 0.4) is 0 Å². The summed E-state index contributed by atoms with van der Waals surface area (Å²) >= 11 is 1.04. The first-order chi connectivity index (χ1) is 8.56. The van der Waals surface area contributed by atoms with E-state index in [9.17, 15) is 18.7 Å². The van der Waals surface area contributed by atoms with Crippen molar-refractivity contribution in [2.75, 3.05) is 18.8 Å². The van der Waals surface area contributed by atoms with E-state index in [2.05, 4.69) is 0 Å². The van der Waals surface area contributed by atoms with Gasteiger partial charge in [-0.15, -0.1) is 11.8 Å². The van der Waals surface area contributed by atoms with Gasteiger partial charge in [-0.1, -0.05) is 0 Å². The first-order valence-corrected chi connectivity index (χ1v) is 6.58. The molecule has 18 heavy (non-hydrogen) atoms. The maximum absolute atomic E-state index is 13.3. The molecule has 1 N–H and O–H groups in total. The number of rotatable bonds is 3. The van der Waals surface area contributed by atoms with E-state index < -0.39 is 17.7 Å². The predicted octanol–water partition coefficient (Wildman–Crippen LogP) is 1.65. The number of benzene rings is 1. The first-order valence-electron chi connectivity index (χ1n) is 5.60. The molecule has 1 fully saturated rings. The van der Waals surface area contributed by atoms with Gasteiger partial charge in [-0.2, -0.15) is 0 Å². The third-order valence-corrected chi connectivity index (χ3v) is 3.79. The van der Waals surface area contributed by atoms with E-state index >= 15 is 0 Å². The van der Waals surface area contributed by atoms with Crippen molar-refractivity contribution in [2.45, 2.75) is 17.4 Å². The molecule has 1 aromatic carbocycles. The largest absolute Gasteiger partial charge is 0.391 e. The van der Waals surface area contributed by atoms with Crippen LogP contribution in [0.1, 0.15) is 6.42 Å². The number of hydrogen-bond acceptors (Lipinski definition) is 3. The lowest BCUT2D eigenvalue weighted by molar-refractivity contribution is -0.127. The number of aliphatic hydroxyl groups excluding tert-OH is 1. The van der Waals surface area contributed by atoms with Crippen LogP contribution >= 0.6 is 11.8 Å². The number of thioether (sulfide) groups is 1. The molecule has 0 radical (unpaired) electrons. The Balaban J connectivity index is 1.89. The molecule has 0 aromatic heterocycles. The third-order valence-electron chi connectivity index (χ3n) is 2.76. The number of likely N-dealkylation sites (tertiary alicyclic amines) is 1. The smallest absolute Gasteiger partial charge is 0.233 e. The van der Waals surface area contributed by atoms with Crippen molar-refractivity contribution in [3.63, 3.8) is 0 Å². The van der Waals surface area contributed by atoms with Gasteiger partial charge in [0.25, 0.3) is 0 Å². The average molecular weight is 273 g/mol. The maximum Gasteiger partial charge on any atom is 0.233 e. The minimum absolute atomic E-state index is 0.0925. The van der Waals surface area contributed by atoms with Gasteiger partial charge < -0.3 is 10.0 Å². The lowest BCUT2D eigenvalue weighted by atomic mass is 10.3. The summed E-state index contributed by atoms with van der Waals surface area (Å²) in [5.41, 5.74) is 0. The second-order valence-corrected chi connectivity index (χ2v) is 5.16. The average Bonchev–Trinajstić information content (AvgIpc) is 2.74. The number of carbonyl (C=O) groups excluding carboxylic acids is 1. The number of halogens is 2. The van der Waals surface area contributed by atoms with Crippen LogP contribution < -0.4 is 0 Å². The van der Waals surface area contributed by atoms with E-state index in [0.29, 0.717) is 19.5 Å². The number of β-amino-alcohol motifs (C(OH)–C–C–N with tert-alkyl or cyclic N) is 1. The Morgan fingerprint density at radius 1 is 1.50 bits per heavy atom. The van der Waals surface area contributed by atoms with E-state index in [1.54, 1.807) is 4.90 Å². The monoisotopic (exact) mass is 273 g/mol. The van der Waals surface area contributed by atoms with Gasteiger partial charge in [0.05, 0.1) is 11.9 Å². The summed E-state index contributed by atoms with van der Waals surface area (Å²) in [5.74, 6) is -1.34. The molecular weight excluding hydrogens is 260 g/mol. The van der Waals surface area contributed by atoms with Gasteiger partial charge in [0, 0.05) is 24.1 Å². The van der Waals surface area contributed by atoms with Gasteiger partial charge in [0.15, 0.2) is 0 Å². The molecular formula is C12H13F2NO2S. The van der Waals surface area contributed by atoms with Crippen molar-refractivity contribution >= 4 is 17.7 Å². The van der Waals surface area contributed by atoms with Crippen LogP contribution in [-0.4, -0.2) is 40.9 Å². The SMILES string of the molecule is O=C(CSc1ccc(F)cc1F)N1CC[C@@H](O)C1. The molecule has 0 bridgehead atoms. The Kier molecular flexibility index (Phi) is 4.19. The topological polar surface area (TPSA) is 40.5 Å². The third kappa shape index (κ3) is 3.20. The van der Waals surface area contributed by atoms with E-state index in [1.807, 2.05) is 0 Å². The fourth-order valence-corrected chi connectivity index (χ4v) is 2.61. The summed E-state index contributed by atoms with van der Waals surface area (Å²) in [6.45, 7) is 0.873. The fraction of sp³-hybridized carbons (Fsp3) is 0.417. The van der Waals surface area contributed by atoms with E-state index in [1.165, 1.54) is 6.07 Å². The molecule has 1 amide bonds. The molecule has 1 atom stereocenters. The number of amides is 1. The molecule has 6 heteroatoms. The first kappa shape index (κ1) is 13.3. The molecule has 2 rings (SSSR count). The Labute approximate surface area is 108 Å². The molecule has 0 unspecified atom stereocenters. The second-order valence-electron chi connectivity index (χ2n) is 4.15. The van der Waals surface area contributed by atoms with E-state index in [4.69, 9.17) is 0 Å². The molecule has 98 valence electrons. The van der Waals surface area contributed by atoms with E-state index in [-0.39, 0.29) is 16.6 Å². The van der Waals surface area contributed by atoms with Gasteiger partial charge in [-0.25, -0.2) is 8.78 Å². The maximum atomic E-state index is 13.3. The Morgan fingerprint density at radius 3 is 2.89 bits per heavy atom. The van der Waals surface area contributed by atoms with Crippen molar-refractivity contribution in [3.05, 3.63) is 29.8 Å². The number of nitrogens with zero attached hydrogens (tertiary/aromatic N) is 1. The standard InChI is InChI=1S/C12H13F2NO2S/c13-8-1-2-11(10(14)5-8)18-7-12(17)15-4-3-9(16)6-15/h1-2,5,9,16H,3-4,6-7H2/t9-/m1/s1. The van der Waals surface area contributed by atoms with Crippen molar-refractivity contribution < 1.29 is 18.7 Å². The van der Waals surface area contributed by atoms with Gasteiger partial charge in [0.1, 0.15) is 11.6 Å². The minimum atomic E-state index is -0.658. The highest BCUT2D eigenvalue weighted by molar-refractivity contribution is 8.00. The summed E-state index contributed by atoms with van der Waals surface area (Å²) in [6, 6.07) is 3.28. The molecule has 1 aromatic rings. The lowest BCUT2D eigenvalue weighted by Crippen LogP contribution is -2.30. The van der Waals surface area contributed by atoms with Crippen LogP contribution in [0.2, 0.25) is 0 Å². The van der Waals surface area contributed by atoms with Gasteiger partial charge in [-0.3, -0.25) is 4.79 Å². The predicted molar refractivity (Wildman–Crippen MR) is 64.3 cm³/mol. The highest BCUT2D eigenvalue weighted by Gasteiger charge is 2.24.